The highest BCUT2D eigenvalue weighted by Crippen LogP contribution is 2.40. The SMILES string of the molecule is CNC(=O)C(C)CN(C)C(=O)C1(C(N)=NO)CCCC1. The number of nitrogens with one attached hydrogen (secondary N) is 1. The van der Waals surface area contributed by atoms with Crippen LogP contribution in [0.5, 0.6) is 0 Å². The molecule has 7 heteroatoms. The van der Waals surface area contributed by atoms with Gasteiger partial charge in [0, 0.05) is 20.6 Å². The monoisotopic (exact) mass is 284 g/mol. The first kappa shape index (κ1) is 16.3. The maximum absolute atomic E-state index is 12.6. The molecule has 0 radical (unpaired) electrons. The largest absolute Gasteiger partial charge is 0.409 e. The van der Waals surface area contributed by atoms with Crippen molar-refractivity contribution in [3.63, 3.8) is 0 Å². The van der Waals surface area contributed by atoms with E-state index in [9.17, 15) is 9.59 Å². The molecule has 0 saturated heterocycles. The van der Waals surface area contributed by atoms with Crippen molar-refractivity contribution in [1.82, 2.24) is 10.2 Å². The summed E-state index contributed by atoms with van der Waals surface area (Å²) in [4.78, 5) is 25.7. The second kappa shape index (κ2) is 6.58. The third-order valence-electron chi connectivity index (χ3n) is 4.05. The van der Waals surface area contributed by atoms with Gasteiger partial charge in [-0.3, -0.25) is 9.59 Å². The maximum atomic E-state index is 12.6. The zero-order valence-electron chi connectivity index (χ0n) is 12.3. The van der Waals surface area contributed by atoms with Gasteiger partial charge in [0.05, 0.1) is 5.92 Å². The van der Waals surface area contributed by atoms with Crippen molar-refractivity contribution in [2.24, 2.45) is 22.2 Å². The molecule has 0 aromatic rings. The molecule has 7 nitrogen and oxygen atoms in total. The van der Waals surface area contributed by atoms with E-state index in [0.717, 1.165) is 12.8 Å². The molecule has 1 fully saturated rings. The van der Waals surface area contributed by atoms with Gasteiger partial charge < -0.3 is 21.2 Å². The normalized spacial score (nSPS) is 19.4. The predicted molar refractivity (Wildman–Crippen MR) is 75.2 cm³/mol. The van der Waals surface area contributed by atoms with Gasteiger partial charge in [0.2, 0.25) is 11.8 Å². The molecule has 20 heavy (non-hydrogen) atoms. The van der Waals surface area contributed by atoms with Crippen LogP contribution in [0.15, 0.2) is 5.16 Å². The Morgan fingerprint density at radius 2 is 2.00 bits per heavy atom. The Balaban J connectivity index is 2.83. The molecule has 0 spiro atoms. The number of carbonyl (C=O) groups excluding carboxylic acids is 2. The Hall–Kier alpha value is -1.79. The number of hydrogen-bond acceptors (Lipinski definition) is 4. The first-order valence-electron chi connectivity index (χ1n) is 6.84. The van der Waals surface area contributed by atoms with E-state index in [2.05, 4.69) is 10.5 Å². The van der Waals surface area contributed by atoms with E-state index in [1.807, 2.05) is 0 Å². The molecule has 0 aromatic heterocycles. The van der Waals surface area contributed by atoms with Crippen LogP contribution in [0.2, 0.25) is 0 Å². The second-order valence-corrected chi connectivity index (χ2v) is 5.48. The molecule has 114 valence electrons. The number of carbonyl (C=O) groups is 2. The van der Waals surface area contributed by atoms with Gasteiger partial charge >= 0.3 is 0 Å². The first-order valence-corrected chi connectivity index (χ1v) is 6.84. The number of amidine groups is 1. The Morgan fingerprint density at radius 3 is 2.45 bits per heavy atom. The number of rotatable bonds is 5. The lowest BCUT2D eigenvalue weighted by molar-refractivity contribution is -0.138. The van der Waals surface area contributed by atoms with Crippen LogP contribution in [0.1, 0.15) is 32.6 Å². The molecule has 1 aliphatic rings. The van der Waals surface area contributed by atoms with E-state index in [1.54, 1.807) is 21.0 Å². The average Bonchev–Trinajstić information content (AvgIpc) is 2.95. The van der Waals surface area contributed by atoms with Crippen LogP contribution in [0.3, 0.4) is 0 Å². The van der Waals surface area contributed by atoms with Gasteiger partial charge in [0.25, 0.3) is 0 Å². The summed E-state index contributed by atoms with van der Waals surface area (Å²) in [6.07, 6.45) is 2.92. The molecule has 1 aliphatic carbocycles. The summed E-state index contributed by atoms with van der Waals surface area (Å²) in [6.45, 7) is 2.06. The predicted octanol–water partition coefficient (Wildman–Crippen LogP) is 0.134. The molecular formula is C13H24N4O3. The number of oxime groups is 1. The van der Waals surface area contributed by atoms with Crippen LogP contribution >= 0.6 is 0 Å². The van der Waals surface area contributed by atoms with E-state index < -0.39 is 5.41 Å². The lowest BCUT2D eigenvalue weighted by atomic mass is 9.83. The summed E-state index contributed by atoms with van der Waals surface area (Å²) in [7, 11) is 3.21. The Labute approximate surface area is 119 Å². The molecule has 0 aliphatic heterocycles. The Morgan fingerprint density at radius 1 is 1.45 bits per heavy atom. The topological polar surface area (TPSA) is 108 Å². The zero-order chi connectivity index (χ0) is 15.3. The van der Waals surface area contributed by atoms with Gasteiger partial charge in [-0.25, -0.2) is 0 Å². The van der Waals surface area contributed by atoms with Crippen molar-refractivity contribution in [2.75, 3.05) is 20.6 Å². The minimum absolute atomic E-state index is 0.0283. The van der Waals surface area contributed by atoms with Crippen LogP contribution in [0, 0.1) is 11.3 Å². The fourth-order valence-corrected chi connectivity index (χ4v) is 2.84. The van der Waals surface area contributed by atoms with Gasteiger partial charge in [-0.2, -0.15) is 0 Å². The maximum Gasteiger partial charge on any atom is 0.236 e. The van der Waals surface area contributed by atoms with E-state index in [-0.39, 0.29) is 23.6 Å². The smallest absolute Gasteiger partial charge is 0.236 e. The van der Waals surface area contributed by atoms with Gasteiger partial charge in [-0.15, -0.1) is 0 Å². The number of nitrogens with zero attached hydrogens (tertiary/aromatic N) is 2. The van der Waals surface area contributed by atoms with Crippen molar-refractivity contribution < 1.29 is 14.8 Å². The quantitative estimate of drug-likeness (QED) is 0.289. The van der Waals surface area contributed by atoms with E-state index >= 15 is 0 Å². The van der Waals surface area contributed by atoms with Crippen LogP contribution in [-0.2, 0) is 9.59 Å². The molecule has 2 amide bonds. The number of hydrogen-bond donors (Lipinski definition) is 3. The summed E-state index contributed by atoms with van der Waals surface area (Å²) in [5.41, 5.74) is 4.83. The number of nitrogens with two attached hydrogens (primary N) is 1. The zero-order valence-corrected chi connectivity index (χ0v) is 12.3. The molecule has 1 unspecified atom stereocenters. The summed E-state index contributed by atoms with van der Waals surface area (Å²) >= 11 is 0. The van der Waals surface area contributed by atoms with Crippen molar-refractivity contribution in [2.45, 2.75) is 32.6 Å². The van der Waals surface area contributed by atoms with Crippen LogP contribution in [0.4, 0.5) is 0 Å². The highest BCUT2D eigenvalue weighted by Gasteiger charge is 2.47. The van der Waals surface area contributed by atoms with Gasteiger partial charge in [-0.05, 0) is 12.8 Å². The summed E-state index contributed by atoms with van der Waals surface area (Å²) in [5.74, 6) is -0.630. The van der Waals surface area contributed by atoms with E-state index in [1.165, 1.54) is 4.90 Å². The second-order valence-electron chi connectivity index (χ2n) is 5.48. The fourth-order valence-electron chi connectivity index (χ4n) is 2.84. The first-order chi connectivity index (χ1) is 9.39. The summed E-state index contributed by atoms with van der Waals surface area (Å²) in [5, 5.41) is 14.5. The molecule has 0 bridgehead atoms. The average molecular weight is 284 g/mol. The van der Waals surface area contributed by atoms with Gasteiger partial charge in [0.15, 0.2) is 5.84 Å². The molecule has 0 aromatic carbocycles. The number of amides is 2. The van der Waals surface area contributed by atoms with Gasteiger partial charge in [0.1, 0.15) is 5.41 Å². The van der Waals surface area contributed by atoms with Crippen molar-refractivity contribution in [3.8, 4) is 0 Å². The third kappa shape index (κ3) is 3.02. The van der Waals surface area contributed by atoms with Crippen LogP contribution < -0.4 is 11.1 Å². The minimum Gasteiger partial charge on any atom is -0.409 e. The molecule has 4 N–H and O–H groups in total. The molecule has 1 saturated carbocycles. The Kier molecular flexibility index (Phi) is 5.35. The van der Waals surface area contributed by atoms with E-state index in [0.29, 0.717) is 19.4 Å². The van der Waals surface area contributed by atoms with Crippen LogP contribution in [0.25, 0.3) is 0 Å². The molecular weight excluding hydrogens is 260 g/mol. The minimum atomic E-state index is -0.911. The van der Waals surface area contributed by atoms with Crippen molar-refractivity contribution in [1.29, 1.82) is 0 Å². The Bertz CT molecular complexity index is 402. The lowest BCUT2D eigenvalue weighted by Crippen LogP contribution is -2.50. The lowest BCUT2D eigenvalue weighted by Gasteiger charge is -2.32. The fraction of sp³-hybridized carbons (Fsp3) is 0.769. The molecule has 1 rings (SSSR count). The highest BCUT2D eigenvalue weighted by molar-refractivity contribution is 6.07. The van der Waals surface area contributed by atoms with Gasteiger partial charge in [-0.1, -0.05) is 24.9 Å². The van der Waals surface area contributed by atoms with Crippen molar-refractivity contribution in [3.05, 3.63) is 0 Å². The molecule has 0 heterocycles. The summed E-state index contributed by atoms with van der Waals surface area (Å²) < 4.78 is 0. The highest BCUT2D eigenvalue weighted by atomic mass is 16.4. The third-order valence-corrected chi connectivity index (χ3v) is 4.05. The molecule has 1 atom stereocenters. The van der Waals surface area contributed by atoms with Crippen LogP contribution in [-0.4, -0.2) is 48.4 Å². The van der Waals surface area contributed by atoms with E-state index in [4.69, 9.17) is 10.9 Å². The van der Waals surface area contributed by atoms with Crippen molar-refractivity contribution >= 4 is 17.6 Å². The summed E-state index contributed by atoms with van der Waals surface area (Å²) in [6, 6.07) is 0. The standard InChI is InChI=1S/C13H24N4O3/c1-9(10(18)15-2)8-17(3)12(19)13(11(14)16-20)6-4-5-7-13/h9,20H,4-8H2,1-3H3,(H2,14,16)(H,15,18).